The molecular formula is C12H13ClN2O2. The summed E-state index contributed by atoms with van der Waals surface area (Å²) < 4.78 is 5.16. The van der Waals surface area contributed by atoms with Crippen molar-refractivity contribution in [1.82, 2.24) is 9.97 Å². The molecule has 2 aromatic rings. The zero-order valence-corrected chi connectivity index (χ0v) is 10.6. The van der Waals surface area contributed by atoms with E-state index in [1.807, 2.05) is 0 Å². The normalized spacial score (nSPS) is 11.8. The monoisotopic (exact) mass is 252 g/mol. The molecule has 0 saturated heterocycles. The lowest BCUT2D eigenvalue weighted by atomic mass is 9.95. The lowest BCUT2D eigenvalue weighted by molar-refractivity contribution is 0.0798. The first kappa shape index (κ1) is 12.1. The van der Waals surface area contributed by atoms with Crippen LogP contribution in [0, 0.1) is 0 Å². The quantitative estimate of drug-likeness (QED) is 0.835. The summed E-state index contributed by atoms with van der Waals surface area (Å²) in [5.74, 6) is 0.470. The van der Waals surface area contributed by atoms with Gasteiger partial charge in [-0.2, -0.15) is 0 Å². The number of hydrogen-bond acceptors (Lipinski definition) is 4. The molecule has 4 nitrogen and oxygen atoms in total. The lowest BCUT2D eigenvalue weighted by Gasteiger charge is -2.20. The molecule has 0 aliphatic rings. The number of nitrogens with zero attached hydrogens (tertiary/aromatic N) is 2. The Labute approximate surface area is 104 Å². The molecule has 2 aromatic heterocycles. The Balaban J connectivity index is 2.84. The Bertz CT molecular complexity index is 564. The molecule has 0 spiro atoms. The first-order valence-electron chi connectivity index (χ1n) is 5.14. The van der Waals surface area contributed by atoms with Gasteiger partial charge in [-0.25, -0.2) is 9.97 Å². The largest absolute Gasteiger partial charge is 0.481 e. The van der Waals surface area contributed by atoms with Crippen LogP contribution in [0.15, 0.2) is 18.5 Å². The molecular weight excluding hydrogens is 240 g/mol. The van der Waals surface area contributed by atoms with Gasteiger partial charge in [0.15, 0.2) is 0 Å². The molecule has 0 atom stereocenters. The summed E-state index contributed by atoms with van der Waals surface area (Å²) in [5.41, 5.74) is -0.306. The van der Waals surface area contributed by atoms with Crippen molar-refractivity contribution in [1.29, 1.82) is 0 Å². The van der Waals surface area contributed by atoms with Crippen LogP contribution < -0.4 is 4.74 Å². The highest BCUT2D eigenvalue weighted by Gasteiger charge is 2.21. The average Bonchev–Trinajstić information content (AvgIpc) is 2.25. The minimum atomic E-state index is -0.998. The summed E-state index contributed by atoms with van der Waals surface area (Å²) >= 11 is 5.88. The fourth-order valence-corrected chi connectivity index (χ4v) is 1.89. The first-order chi connectivity index (χ1) is 7.93. The van der Waals surface area contributed by atoms with E-state index >= 15 is 0 Å². The molecule has 2 heterocycles. The van der Waals surface area contributed by atoms with E-state index in [1.165, 1.54) is 0 Å². The van der Waals surface area contributed by atoms with Crippen molar-refractivity contribution in [3.63, 3.8) is 0 Å². The molecule has 0 fully saturated rings. The lowest BCUT2D eigenvalue weighted by Crippen LogP contribution is -2.16. The zero-order chi connectivity index (χ0) is 12.6. The number of aliphatic hydroxyl groups is 1. The molecule has 2 rings (SSSR count). The number of hydrogen-bond donors (Lipinski definition) is 1. The first-order valence-corrected chi connectivity index (χ1v) is 5.52. The summed E-state index contributed by atoms with van der Waals surface area (Å²) in [6.07, 6.45) is 3.19. The van der Waals surface area contributed by atoms with E-state index in [0.717, 1.165) is 10.8 Å². The second kappa shape index (κ2) is 4.13. The fraction of sp³-hybridized carbons (Fsp3) is 0.333. The van der Waals surface area contributed by atoms with Gasteiger partial charge in [-0.05, 0) is 25.3 Å². The molecule has 0 aliphatic carbocycles. The second-order valence-corrected chi connectivity index (χ2v) is 4.68. The van der Waals surface area contributed by atoms with Crippen molar-refractivity contribution in [2.45, 2.75) is 19.4 Å². The highest BCUT2D eigenvalue weighted by atomic mass is 35.5. The Morgan fingerprint density at radius 3 is 2.53 bits per heavy atom. The van der Waals surface area contributed by atoms with Gasteiger partial charge in [-0.3, -0.25) is 0 Å². The molecule has 0 saturated carbocycles. The van der Waals surface area contributed by atoms with E-state index in [4.69, 9.17) is 16.3 Å². The highest BCUT2D eigenvalue weighted by molar-refractivity contribution is 6.30. The van der Waals surface area contributed by atoms with Gasteiger partial charge in [-0.15, -0.1) is 0 Å². The predicted octanol–water partition coefficient (Wildman–Crippen LogP) is 2.52. The number of aromatic nitrogens is 2. The molecule has 90 valence electrons. The standard InChI is InChI=1S/C12H13ClN2O2/c1-12(2,16)9-6-15-11(17-3)8-5-14-10(13)4-7(8)9/h4-6,16H,1-3H3. The van der Waals surface area contributed by atoms with E-state index in [1.54, 1.807) is 39.4 Å². The molecule has 0 aromatic carbocycles. The highest BCUT2D eigenvalue weighted by Crippen LogP contribution is 2.32. The number of methoxy groups -OCH3 is 1. The number of rotatable bonds is 2. The number of pyridine rings is 2. The minimum Gasteiger partial charge on any atom is -0.481 e. The Morgan fingerprint density at radius 1 is 1.24 bits per heavy atom. The van der Waals surface area contributed by atoms with Gasteiger partial charge < -0.3 is 9.84 Å². The van der Waals surface area contributed by atoms with Crippen LogP contribution in [0.25, 0.3) is 10.8 Å². The SMILES string of the molecule is COc1ncc(C(C)(C)O)c2cc(Cl)ncc12. The maximum atomic E-state index is 10.1. The van der Waals surface area contributed by atoms with Gasteiger partial charge in [-0.1, -0.05) is 11.6 Å². The van der Waals surface area contributed by atoms with E-state index in [0.29, 0.717) is 16.6 Å². The van der Waals surface area contributed by atoms with Crippen molar-refractivity contribution in [3.05, 3.63) is 29.2 Å². The number of halogens is 1. The molecule has 0 radical (unpaired) electrons. The van der Waals surface area contributed by atoms with Gasteiger partial charge in [0.25, 0.3) is 0 Å². The van der Waals surface area contributed by atoms with Crippen LogP contribution in [-0.2, 0) is 5.60 Å². The third kappa shape index (κ3) is 2.18. The summed E-state index contributed by atoms with van der Waals surface area (Å²) in [4.78, 5) is 8.16. The van der Waals surface area contributed by atoms with Crippen LogP contribution >= 0.6 is 11.6 Å². The molecule has 17 heavy (non-hydrogen) atoms. The van der Waals surface area contributed by atoms with Crippen molar-refractivity contribution in [2.75, 3.05) is 7.11 Å². The molecule has 0 amide bonds. The number of fused-ring (bicyclic) bond motifs is 1. The van der Waals surface area contributed by atoms with Gasteiger partial charge in [0, 0.05) is 18.0 Å². The summed E-state index contributed by atoms with van der Waals surface area (Å²) in [6.45, 7) is 3.40. The molecule has 0 bridgehead atoms. The van der Waals surface area contributed by atoms with Crippen molar-refractivity contribution in [2.24, 2.45) is 0 Å². The maximum Gasteiger partial charge on any atom is 0.222 e. The van der Waals surface area contributed by atoms with Crippen LogP contribution in [0.3, 0.4) is 0 Å². The Morgan fingerprint density at radius 2 is 1.94 bits per heavy atom. The second-order valence-electron chi connectivity index (χ2n) is 4.29. The van der Waals surface area contributed by atoms with Crippen LogP contribution in [0.1, 0.15) is 19.4 Å². The van der Waals surface area contributed by atoms with Gasteiger partial charge in [0.05, 0.1) is 18.1 Å². The number of ether oxygens (including phenoxy) is 1. The minimum absolute atomic E-state index is 0.372. The van der Waals surface area contributed by atoms with Crippen molar-refractivity contribution in [3.8, 4) is 5.88 Å². The summed E-state index contributed by atoms with van der Waals surface area (Å²) in [5, 5.41) is 12.0. The fourth-order valence-electron chi connectivity index (χ4n) is 1.74. The molecule has 0 aliphatic heterocycles. The summed E-state index contributed by atoms with van der Waals surface area (Å²) in [6, 6.07) is 1.70. The Hall–Kier alpha value is -1.39. The van der Waals surface area contributed by atoms with Crippen molar-refractivity contribution >= 4 is 22.4 Å². The van der Waals surface area contributed by atoms with Crippen LogP contribution in [0.5, 0.6) is 5.88 Å². The Kier molecular flexibility index (Phi) is 2.93. The van der Waals surface area contributed by atoms with Gasteiger partial charge in [0.2, 0.25) is 5.88 Å². The van der Waals surface area contributed by atoms with Crippen LogP contribution in [0.2, 0.25) is 5.15 Å². The van der Waals surface area contributed by atoms with Crippen LogP contribution in [-0.4, -0.2) is 22.2 Å². The van der Waals surface area contributed by atoms with Gasteiger partial charge >= 0.3 is 0 Å². The van der Waals surface area contributed by atoms with E-state index in [-0.39, 0.29) is 0 Å². The van der Waals surface area contributed by atoms with Gasteiger partial charge in [0.1, 0.15) is 5.15 Å². The molecule has 0 unspecified atom stereocenters. The zero-order valence-electron chi connectivity index (χ0n) is 9.86. The maximum absolute atomic E-state index is 10.1. The van der Waals surface area contributed by atoms with Crippen LogP contribution in [0.4, 0.5) is 0 Å². The van der Waals surface area contributed by atoms with Crippen molar-refractivity contribution < 1.29 is 9.84 Å². The average molecular weight is 253 g/mol. The van der Waals surface area contributed by atoms with E-state index < -0.39 is 5.60 Å². The third-order valence-electron chi connectivity index (χ3n) is 2.55. The molecule has 1 N–H and O–H groups in total. The molecule has 5 heteroatoms. The smallest absolute Gasteiger partial charge is 0.222 e. The third-order valence-corrected chi connectivity index (χ3v) is 2.76. The van der Waals surface area contributed by atoms with E-state index in [2.05, 4.69) is 9.97 Å². The topological polar surface area (TPSA) is 55.2 Å². The summed E-state index contributed by atoms with van der Waals surface area (Å²) in [7, 11) is 1.54. The predicted molar refractivity (Wildman–Crippen MR) is 66.3 cm³/mol. The van der Waals surface area contributed by atoms with E-state index in [9.17, 15) is 5.11 Å².